The second kappa shape index (κ2) is 18.5. The van der Waals surface area contributed by atoms with E-state index in [1.807, 2.05) is 0 Å². The largest absolute Gasteiger partial charge is 0.571 e. The lowest BCUT2D eigenvalue weighted by atomic mass is 9.98. The summed E-state index contributed by atoms with van der Waals surface area (Å²) >= 11 is 0. The summed E-state index contributed by atoms with van der Waals surface area (Å²) in [6.07, 6.45) is -17.0. The van der Waals surface area contributed by atoms with Gasteiger partial charge in [0.1, 0.15) is 85.5 Å². The van der Waals surface area contributed by atoms with Gasteiger partial charge in [0.05, 0.1) is 11.6 Å². The Morgan fingerprint density at radius 1 is 0.672 bits per heavy atom. The van der Waals surface area contributed by atoms with E-state index in [9.17, 15) is 70.6 Å². The monoisotopic (exact) mass is 861 g/mol. The molecule has 3 aliphatic heterocycles. The summed E-state index contributed by atoms with van der Waals surface area (Å²) in [6, 6.07) is 9.60. The zero-order valence-corrected chi connectivity index (χ0v) is 31.3. The number of aliphatic carboxylic acids is 1. The van der Waals surface area contributed by atoms with E-state index in [1.165, 1.54) is 42.5 Å². The van der Waals surface area contributed by atoms with Gasteiger partial charge in [0.25, 0.3) is 11.9 Å². The van der Waals surface area contributed by atoms with Crippen molar-refractivity contribution in [2.45, 2.75) is 73.9 Å². The first-order chi connectivity index (χ1) is 28.9. The van der Waals surface area contributed by atoms with Gasteiger partial charge in [0.15, 0.2) is 28.8 Å². The molecule has 1 unspecified atom stereocenters. The highest BCUT2D eigenvalue weighted by Gasteiger charge is 2.49. The molecule has 0 aromatic heterocycles. The highest BCUT2D eigenvalue weighted by atomic mass is 16.7. The molecule has 0 amide bonds. The van der Waals surface area contributed by atoms with Gasteiger partial charge in [-0.05, 0) is 42.0 Å². The van der Waals surface area contributed by atoms with Gasteiger partial charge in [0, 0.05) is 18.2 Å². The zero-order chi connectivity index (χ0) is 44.3. The van der Waals surface area contributed by atoms with E-state index in [1.54, 1.807) is 0 Å². The number of carbonyl (C=O) groups is 3. The third kappa shape index (κ3) is 10.2. The number of aromatic hydroxyl groups is 6. The van der Waals surface area contributed by atoms with Crippen molar-refractivity contribution >= 4 is 30.1 Å². The molecule has 3 aromatic carbocycles. The second-order valence-corrected chi connectivity index (χ2v) is 13.9. The predicted octanol–water partition coefficient (Wildman–Crippen LogP) is -1.16. The molecule has 0 saturated carbocycles. The average molecular weight is 862 g/mol. The van der Waals surface area contributed by atoms with Crippen molar-refractivity contribution in [1.82, 2.24) is 0 Å². The van der Waals surface area contributed by atoms with E-state index in [-0.39, 0.29) is 34.1 Å². The number of hydrogen-bond acceptors (Lipinski definition) is 20. The standard InChI is InChI=1S/C39H40O22/c40-17-9-23-18(24(10-17)58-38-35(53)33(51)32(50)27(60-38)14-56-30(48)12-28(45)46)11-25(37(57-23)16-3-5-20(42)22(44)8-16)59-39-36(54)34(52)31(49)26(61-39)13-55-29(47)6-2-15-1-4-19(41)21(43)7-15/h1-11,26-27,31-44,49-54H,12-14H2,(H,45,46)/p+1/t26-,27-,31-,32-,33+,34+,35-,36-,37?,38-,39-/m0/s1. The van der Waals surface area contributed by atoms with E-state index in [0.717, 1.165) is 24.3 Å². The maximum absolute atomic E-state index is 12.5. The predicted molar refractivity (Wildman–Crippen MR) is 198 cm³/mol. The fourth-order valence-electron chi connectivity index (χ4n) is 6.35. The molecule has 0 spiro atoms. The van der Waals surface area contributed by atoms with Gasteiger partial charge in [0.2, 0.25) is 12.6 Å². The van der Waals surface area contributed by atoms with E-state index < -0.39 is 128 Å². The van der Waals surface area contributed by atoms with Gasteiger partial charge in [-0.15, -0.1) is 0 Å². The Kier molecular flexibility index (Phi) is 13.4. The van der Waals surface area contributed by atoms with Crippen molar-refractivity contribution in [3.63, 3.8) is 0 Å². The molecule has 61 heavy (non-hydrogen) atoms. The average Bonchev–Trinajstić information content (AvgIpc) is 3.21. The van der Waals surface area contributed by atoms with E-state index >= 15 is 0 Å². The summed E-state index contributed by atoms with van der Waals surface area (Å²) in [5.74, 6) is -6.53. The van der Waals surface area contributed by atoms with Crippen LogP contribution >= 0.6 is 0 Å². The zero-order valence-electron chi connectivity index (χ0n) is 31.3. The number of aliphatic hydroxyl groups is 7. The van der Waals surface area contributed by atoms with Crippen LogP contribution in [0.1, 0.15) is 29.2 Å². The molecule has 3 aliphatic rings. The first-order valence-corrected chi connectivity index (χ1v) is 18.2. The number of phenolic OH excluding ortho intramolecular Hbond substituents is 5. The van der Waals surface area contributed by atoms with Gasteiger partial charge >= 0.3 is 17.9 Å². The number of carboxylic acids is 1. The molecule has 0 aliphatic carbocycles. The van der Waals surface area contributed by atoms with Crippen molar-refractivity contribution < 1.29 is 109 Å². The number of esters is 2. The number of ether oxygens (including phenoxy) is 7. The summed E-state index contributed by atoms with van der Waals surface area (Å²) < 4.78 is 37.9. The quantitative estimate of drug-likeness (QED) is 0.0317. The van der Waals surface area contributed by atoms with Gasteiger partial charge in [-0.1, -0.05) is 6.07 Å². The summed E-state index contributed by atoms with van der Waals surface area (Å²) in [5.41, 5.74) is 0.464. The van der Waals surface area contributed by atoms with Crippen LogP contribution < -0.4 is 4.74 Å². The number of fused-ring (bicyclic) bond motifs is 1. The van der Waals surface area contributed by atoms with Crippen LogP contribution in [0.4, 0.5) is 0 Å². The fourth-order valence-corrected chi connectivity index (χ4v) is 6.35. The summed E-state index contributed by atoms with van der Waals surface area (Å²) in [7, 11) is 0. The highest BCUT2D eigenvalue weighted by molar-refractivity contribution is 5.90. The minimum atomic E-state index is -1.96. The van der Waals surface area contributed by atoms with Crippen molar-refractivity contribution in [3.8, 4) is 40.2 Å². The van der Waals surface area contributed by atoms with Crippen LogP contribution in [0.15, 0.2) is 60.4 Å². The molecule has 3 heterocycles. The summed E-state index contributed by atoms with van der Waals surface area (Å²) in [6.45, 7) is -1.45. The van der Waals surface area contributed by atoms with E-state index in [0.29, 0.717) is 5.56 Å². The Bertz CT molecular complexity index is 2170. The van der Waals surface area contributed by atoms with Gasteiger partial charge < -0.3 is 94.4 Å². The van der Waals surface area contributed by atoms with Crippen molar-refractivity contribution in [2.75, 3.05) is 13.2 Å². The van der Waals surface area contributed by atoms with E-state index in [4.69, 9.17) is 33.5 Å². The molecule has 22 heteroatoms. The molecular formula is C39H41O22+. The Morgan fingerprint density at radius 3 is 1.87 bits per heavy atom. The van der Waals surface area contributed by atoms with Crippen LogP contribution in [0.5, 0.6) is 40.2 Å². The van der Waals surface area contributed by atoms with Crippen molar-refractivity contribution in [2.24, 2.45) is 0 Å². The van der Waals surface area contributed by atoms with Gasteiger partial charge in [-0.2, -0.15) is 0 Å². The first-order valence-electron chi connectivity index (χ1n) is 18.2. The maximum Gasteiger partial charge on any atom is 0.330 e. The molecule has 22 nitrogen and oxygen atoms in total. The highest BCUT2D eigenvalue weighted by Crippen LogP contribution is 2.47. The minimum Gasteiger partial charge on any atom is -0.571 e. The van der Waals surface area contributed by atoms with Crippen molar-refractivity contribution in [3.05, 3.63) is 77.1 Å². The van der Waals surface area contributed by atoms with Crippen molar-refractivity contribution in [1.29, 1.82) is 0 Å². The molecule has 6 rings (SSSR count). The van der Waals surface area contributed by atoms with Crippen LogP contribution in [-0.4, -0.2) is 159 Å². The molecule has 0 bridgehead atoms. The van der Waals surface area contributed by atoms with Gasteiger partial charge in [-0.25, -0.2) is 4.79 Å². The number of carboxylic acid groups (broad SMARTS) is 1. The molecule has 2 saturated heterocycles. The summed E-state index contributed by atoms with van der Waals surface area (Å²) in [4.78, 5) is 35.2. The lowest BCUT2D eigenvalue weighted by molar-refractivity contribution is -0.296. The second-order valence-electron chi connectivity index (χ2n) is 13.9. The van der Waals surface area contributed by atoms with Gasteiger partial charge in [-0.3, -0.25) is 9.59 Å². The number of carbonyl (C=O) groups excluding carboxylic acids is 2. The number of benzene rings is 3. The lowest BCUT2D eigenvalue weighted by Crippen LogP contribution is -2.60. The minimum absolute atomic E-state index is 0.0157. The third-order valence-electron chi connectivity index (χ3n) is 9.58. The molecule has 0 radical (unpaired) electrons. The maximum atomic E-state index is 12.5. The number of hydrogen-bond donors (Lipinski definition) is 12. The van der Waals surface area contributed by atoms with Crippen LogP contribution in [-0.2, 0) is 38.1 Å². The Morgan fingerprint density at radius 2 is 1.26 bits per heavy atom. The van der Waals surface area contributed by atoms with Crippen LogP contribution in [0, 0.1) is 0 Å². The molecule has 3 aromatic rings. The first kappa shape index (κ1) is 44.2. The number of phenols is 5. The van der Waals surface area contributed by atoms with Crippen LogP contribution in [0.2, 0.25) is 0 Å². The Labute approximate surface area is 343 Å². The third-order valence-corrected chi connectivity index (χ3v) is 9.58. The fraction of sp³-hybridized carbons (Fsp3) is 0.359. The molecule has 2 fully saturated rings. The SMILES string of the molecule is O=C(O)CC(=O)OC[C@@H]1O[C@H](Oc2cc(O)cc3c2C=C(O[C@H]2O[C@@H](COC(=O)C=Cc4ccc(O)c(O)c4)[C@H](O)[C@@H](O)[C@@H]2O)C(c2ccc(O)c(O)c2)[OH+]3)[C@@H](O)[C@H](O)[C@H]1O. The smallest absolute Gasteiger partial charge is 0.330 e. The molecule has 328 valence electrons. The van der Waals surface area contributed by atoms with Crippen LogP contribution in [0.25, 0.3) is 12.2 Å². The molecule has 13 N–H and O–H groups in total. The normalized spacial score (nSPS) is 28.5. The molecular weight excluding hydrogens is 820 g/mol. The van der Waals surface area contributed by atoms with E-state index in [2.05, 4.69) is 4.74 Å². The Balaban J connectivity index is 1.26. The topological polar surface area (TPSA) is 362 Å². The summed E-state index contributed by atoms with van der Waals surface area (Å²) in [5, 5.41) is 123. The number of aliphatic hydroxyl groups excluding tert-OH is 6. The number of rotatable bonds is 13. The molecule has 11 atom stereocenters. The van der Waals surface area contributed by atoms with Crippen LogP contribution in [0.3, 0.4) is 0 Å². The lowest BCUT2D eigenvalue weighted by Gasteiger charge is -2.41. The Hall–Kier alpha value is -6.37.